The van der Waals surface area contributed by atoms with Crippen molar-refractivity contribution in [2.75, 3.05) is 18.4 Å². The zero-order valence-electron chi connectivity index (χ0n) is 15.1. The predicted molar refractivity (Wildman–Crippen MR) is 101 cm³/mol. The number of carboxylic acid groups (broad SMARTS) is 1. The Balaban J connectivity index is 1.58. The molecule has 2 N–H and O–H groups in total. The smallest absolute Gasteiger partial charge is 0.410 e. The van der Waals surface area contributed by atoms with E-state index in [9.17, 15) is 9.59 Å². The third-order valence-electron chi connectivity index (χ3n) is 4.11. The van der Waals surface area contributed by atoms with E-state index in [0.29, 0.717) is 13.1 Å². The number of piperidine rings is 1. The molecule has 2 heterocycles. The largest absolute Gasteiger partial charge is 0.478 e. The van der Waals surface area contributed by atoms with Gasteiger partial charge in [0.1, 0.15) is 5.60 Å². The maximum Gasteiger partial charge on any atom is 0.410 e. The monoisotopic (exact) mass is 377 g/mol. The number of aromatic carboxylic acids is 1. The topological polar surface area (TPSA) is 91.8 Å². The van der Waals surface area contributed by atoms with Crippen LogP contribution in [0.2, 0.25) is 0 Å². The number of fused-ring (bicyclic) bond motifs is 1. The summed E-state index contributed by atoms with van der Waals surface area (Å²) in [6, 6.07) is 5.17. The number of hydrogen-bond acceptors (Lipinski definition) is 6. The number of hydrogen-bond donors (Lipinski definition) is 2. The fraction of sp³-hybridized carbons (Fsp3) is 0.500. The number of carboxylic acids is 1. The van der Waals surface area contributed by atoms with E-state index in [-0.39, 0.29) is 17.7 Å². The highest BCUT2D eigenvalue weighted by molar-refractivity contribution is 7.22. The van der Waals surface area contributed by atoms with Gasteiger partial charge in [0.2, 0.25) is 0 Å². The first-order valence-electron chi connectivity index (χ1n) is 8.59. The normalized spacial score (nSPS) is 15.9. The van der Waals surface area contributed by atoms with Crippen LogP contribution < -0.4 is 5.32 Å². The van der Waals surface area contributed by atoms with Crippen LogP contribution >= 0.6 is 11.3 Å². The van der Waals surface area contributed by atoms with Crippen molar-refractivity contribution in [1.29, 1.82) is 0 Å². The first kappa shape index (κ1) is 18.4. The summed E-state index contributed by atoms with van der Waals surface area (Å²) in [5.41, 5.74) is 0.564. The van der Waals surface area contributed by atoms with Crippen LogP contribution in [0.4, 0.5) is 9.93 Å². The van der Waals surface area contributed by atoms with Gasteiger partial charge in [-0.15, -0.1) is 0 Å². The summed E-state index contributed by atoms with van der Waals surface area (Å²) in [6.07, 6.45) is 1.36. The molecule has 7 nitrogen and oxygen atoms in total. The highest BCUT2D eigenvalue weighted by Gasteiger charge is 2.27. The second-order valence-corrected chi connectivity index (χ2v) is 8.42. The summed E-state index contributed by atoms with van der Waals surface area (Å²) in [5.74, 6) is -0.940. The number of nitrogens with zero attached hydrogens (tertiary/aromatic N) is 2. The summed E-state index contributed by atoms with van der Waals surface area (Å²) in [7, 11) is 0. The van der Waals surface area contributed by atoms with Gasteiger partial charge in [0, 0.05) is 19.1 Å². The maximum absolute atomic E-state index is 12.1. The molecule has 1 aliphatic heterocycles. The number of amides is 1. The molecule has 0 atom stereocenters. The number of rotatable bonds is 3. The van der Waals surface area contributed by atoms with Crippen molar-refractivity contribution in [1.82, 2.24) is 9.88 Å². The van der Waals surface area contributed by atoms with Gasteiger partial charge in [0.15, 0.2) is 5.13 Å². The Hall–Kier alpha value is -2.35. The van der Waals surface area contributed by atoms with Gasteiger partial charge in [-0.25, -0.2) is 14.6 Å². The average Bonchev–Trinajstić information content (AvgIpc) is 2.95. The number of thiazole rings is 1. The number of benzene rings is 1. The molecule has 3 rings (SSSR count). The van der Waals surface area contributed by atoms with Gasteiger partial charge in [0.05, 0.1) is 15.8 Å². The molecular weight excluding hydrogens is 354 g/mol. The number of carbonyl (C=O) groups is 2. The van der Waals surface area contributed by atoms with Crippen LogP contribution in [0.25, 0.3) is 10.2 Å². The second-order valence-electron chi connectivity index (χ2n) is 7.39. The van der Waals surface area contributed by atoms with Crippen LogP contribution in [0.5, 0.6) is 0 Å². The van der Waals surface area contributed by atoms with E-state index in [2.05, 4.69) is 10.3 Å². The van der Waals surface area contributed by atoms with Crippen molar-refractivity contribution in [3.8, 4) is 0 Å². The van der Waals surface area contributed by atoms with Gasteiger partial charge in [-0.3, -0.25) is 0 Å². The molecule has 1 aromatic heterocycles. The Labute approximate surface area is 156 Å². The van der Waals surface area contributed by atoms with Gasteiger partial charge in [0.25, 0.3) is 0 Å². The van der Waals surface area contributed by atoms with E-state index in [0.717, 1.165) is 28.2 Å². The minimum atomic E-state index is -0.940. The first-order valence-corrected chi connectivity index (χ1v) is 9.41. The first-order chi connectivity index (χ1) is 12.2. The molecule has 0 radical (unpaired) electrons. The van der Waals surface area contributed by atoms with Gasteiger partial charge < -0.3 is 20.1 Å². The molecule has 0 unspecified atom stereocenters. The second kappa shape index (κ2) is 7.11. The molecule has 2 aromatic rings. The summed E-state index contributed by atoms with van der Waals surface area (Å²) in [6.45, 7) is 6.87. The summed E-state index contributed by atoms with van der Waals surface area (Å²) < 4.78 is 6.26. The molecule has 0 saturated carbocycles. The SMILES string of the molecule is CC(C)(C)OC(=O)N1CCC(Nc2nc3ccc(C(=O)O)cc3s2)CC1. The van der Waals surface area contributed by atoms with E-state index in [1.54, 1.807) is 23.1 Å². The summed E-state index contributed by atoms with van der Waals surface area (Å²) >= 11 is 1.45. The van der Waals surface area contributed by atoms with Crippen LogP contribution in [0, 0.1) is 0 Å². The predicted octanol–water partition coefficient (Wildman–Crippen LogP) is 3.81. The third kappa shape index (κ3) is 4.43. The van der Waals surface area contributed by atoms with Crippen LogP contribution in [0.3, 0.4) is 0 Å². The molecule has 1 aromatic carbocycles. The number of carbonyl (C=O) groups excluding carboxylic acids is 1. The Morgan fingerprint density at radius 3 is 2.62 bits per heavy atom. The zero-order chi connectivity index (χ0) is 18.9. The Kier molecular flexibility index (Phi) is 5.04. The molecule has 1 fully saturated rings. The summed E-state index contributed by atoms with van der Waals surface area (Å²) in [4.78, 5) is 29.4. The van der Waals surface area contributed by atoms with E-state index in [4.69, 9.17) is 9.84 Å². The van der Waals surface area contributed by atoms with E-state index >= 15 is 0 Å². The fourth-order valence-corrected chi connectivity index (χ4v) is 3.81. The minimum absolute atomic E-state index is 0.230. The molecule has 8 heteroatoms. The Morgan fingerprint density at radius 1 is 1.31 bits per heavy atom. The van der Waals surface area contributed by atoms with E-state index in [1.807, 2.05) is 20.8 Å². The number of nitrogens with one attached hydrogen (secondary N) is 1. The molecule has 0 spiro atoms. The van der Waals surface area contributed by atoms with Crippen molar-refractivity contribution in [2.45, 2.75) is 45.3 Å². The van der Waals surface area contributed by atoms with Crippen LogP contribution in [-0.4, -0.2) is 51.8 Å². The summed E-state index contributed by atoms with van der Waals surface area (Å²) in [5, 5.41) is 13.3. The molecule has 1 saturated heterocycles. The van der Waals surface area contributed by atoms with Crippen molar-refractivity contribution in [3.63, 3.8) is 0 Å². The van der Waals surface area contributed by atoms with Crippen LogP contribution in [0.1, 0.15) is 44.0 Å². The lowest BCUT2D eigenvalue weighted by Crippen LogP contribution is -2.44. The van der Waals surface area contributed by atoms with Crippen LogP contribution in [-0.2, 0) is 4.74 Å². The lowest BCUT2D eigenvalue weighted by atomic mass is 10.1. The quantitative estimate of drug-likeness (QED) is 0.845. The zero-order valence-corrected chi connectivity index (χ0v) is 15.9. The Morgan fingerprint density at radius 2 is 2.00 bits per heavy atom. The minimum Gasteiger partial charge on any atom is -0.478 e. The molecule has 0 aliphatic carbocycles. The molecule has 140 valence electrons. The molecular formula is C18H23N3O4S. The van der Waals surface area contributed by atoms with Crippen molar-refractivity contribution in [2.24, 2.45) is 0 Å². The third-order valence-corrected chi connectivity index (χ3v) is 5.06. The van der Waals surface area contributed by atoms with Crippen LogP contribution in [0.15, 0.2) is 18.2 Å². The molecule has 0 bridgehead atoms. The molecule has 1 amide bonds. The number of anilines is 1. The van der Waals surface area contributed by atoms with E-state index < -0.39 is 11.6 Å². The molecule has 26 heavy (non-hydrogen) atoms. The van der Waals surface area contributed by atoms with Crippen molar-refractivity contribution >= 4 is 38.7 Å². The lowest BCUT2D eigenvalue weighted by Gasteiger charge is -2.33. The highest BCUT2D eigenvalue weighted by atomic mass is 32.1. The van der Waals surface area contributed by atoms with Gasteiger partial charge in [-0.2, -0.15) is 0 Å². The fourth-order valence-electron chi connectivity index (χ4n) is 2.83. The average molecular weight is 377 g/mol. The molecule has 1 aliphatic rings. The number of likely N-dealkylation sites (tertiary alicyclic amines) is 1. The standard InChI is InChI=1S/C18H23N3O4S/c1-18(2,3)25-17(24)21-8-6-12(7-9-21)19-16-20-13-5-4-11(15(22)23)10-14(13)26-16/h4-5,10,12H,6-9H2,1-3H3,(H,19,20)(H,22,23). The van der Waals surface area contributed by atoms with Gasteiger partial charge in [-0.1, -0.05) is 11.3 Å². The van der Waals surface area contributed by atoms with Gasteiger partial charge in [-0.05, 0) is 51.8 Å². The van der Waals surface area contributed by atoms with Crippen molar-refractivity contribution in [3.05, 3.63) is 23.8 Å². The highest BCUT2D eigenvalue weighted by Crippen LogP contribution is 2.28. The van der Waals surface area contributed by atoms with Crippen molar-refractivity contribution < 1.29 is 19.4 Å². The number of aromatic nitrogens is 1. The lowest BCUT2D eigenvalue weighted by molar-refractivity contribution is 0.0210. The van der Waals surface area contributed by atoms with E-state index in [1.165, 1.54) is 11.3 Å². The Bertz CT molecular complexity index is 819. The maximum atomic E-state index is 12.1. The number of ether oxygens (including phenoxy) is 1. The van der Waals surface area contributed by atoms with Gasteiger partial charge >= 0.3 is 12.1 Å².